The van der Waals surface area contributed by atoms with Gasteiger partial charge in [0, 0.05) is 45.2 Å². The van der Waals surface area contributed by atoms with Gasteiger partial charge >= 0.3 is 0 Å². The smallest absolute Gasteiger partial charge is 0.229 e. The maximum atomic E-state index is 12.2. The molecular weight excluding hydrogens is 218 g/mol. The highest BCUT2D eigenvalue weighted by molar-refractivity contribution is 5.84. The minimum Gasteiger partial charge on any atom is -0.380 e. The topological polar surface area (TPSA) is 62.4 Å². The Labute approximate surface area is 103 Å². The molecule has 5 heteroatoms. The van der Waals surface area contributed by atoms with Crippen molar-refractivity contribution in [3.05, 3.63) is 0 Å². The summed E-state index contributed by atoms with van der Waals surface area (Å²) in [5, 5.41) is 9.65. The van der Waals surface area contributed by atoms with E-state index < -0.39 is 0 Å². The van der Waals surface area contributed by atoms with E-state index in [-0.39, 0.29) is 11.3 Å². The van der Waals surface area contributed by atoms with E-state index in [1.54, 1.807) is 0 Å². The molecule has 0 spiro atoms. The molecule has 3 N–H and O–H groups in total. The van der Waals surface area contributed by atoms with E-state index in [0.29, 0.717) is 19.1 Å². The first-order valence-corrected chi connectivity index (χ1v) is 6.57. The standard InChI is InChI=1S/C12H23N3O2/c1-2-4-17-5-3-15-11(16)12-8-13-6-10(12)7-14-9-12/h10,13-14H,2-9H2,1H3,(H,15,16). The number of hydrogen-bond acceptors (Lipinski definition) is 4. The second-order valence-corrected chi connectivity index (χ2v) is 4.98. The van der Waals surface area contributed by atoms with E-state index in [0.717, 1.165) is 39.2 Å². The van der Waals surface area contributed by atoms with Crippen molar-refractivity contribution in [1.82, 2.24) is 16.0 Å². The molecule has 5 nitrogen and oxygen atoms in total. The molecular formula is C12H23N3O2. The number of rotatable bonds is 6. The molecule has 2 aliphatic rings. The fourth-order valence-corrected chi connectivity index (χ4v) is 2.76. The Balaban J connectivity index is 1.75. The van der Waals surface area contributed by atoms with Crippen LogP contribution in [0.2, 0.25) is 0 Å². The Kier molecular flexibility index (Phi) is 4.36. The van der Waals surface area contributed by atoms with E-state index in [9.17, 15) is 4.79 Å². The summed E-state index contributed by atoms with van der Waals surface area (Å²) in [6.07, 6.45) is 1.02. The number of hydrogen-bond donors (Lipinski definition) is 3. The van der Waals surface area contributed by atoms with Crippen molar-refractivity contribution in [3.8, 4) is 0 Å². The molecule has 1 amide bonds. The molecule has 0 radical (unpaired) electrons. The van der Waals surface area contributed by atoms with Crippen LogP contribution in [-0.2, 0) is 9.53 Å². The van der Waals surface area contributed by atoms with Crippen LogP contribution in [0.1, 0.15) is 13.3 Å². The SMILES string of the molecule is CCCOCCNC(=O)C12CNCC1CNC2. The maximum Gasteiger partial charge on any atom is 0.229 e. The zero-order valence-corrected chi connectivity index (χ0v) is 10.6. The molecule has 2 saturated heterocycles. The lowest BCUT2D eigenvalue weighted by Gasteiger charge is -2.25. The predicted molar refractivity (Wildman–Crippen MR) is 65.8 cm³/mol. The summed E-state index contributed by atoms with van der Waals surface area (Å²) in [4.78, 5) is 12.2. The highest BCUT2D eigenvalue weighted by atomic mass is 16.5. The van der Waals surface area contributed by atoms with Gasteiger partial charge in [-0.1, -0.05) is 6.92 Å². The normalized spacial score (nSPS) is 31.5. The third-order valence-electron chi connectivity index (χ3n) is 3.78. The van der Waals surface area contributed by atoms with Crippen LogP contribution >= 0.6 is 0 Å². The van der Waals surface area contributed by atoms with Crippen LogP contribution in [0.4, 0.5) is 0 Å². The van der Waals surface area contributed by atoms with Crippen molar-refractivity contribution in [2.24, 2.45) is 11.3 Å². The van der Waals surface area contributed by atoms with Gasteiger partial charge in [-0.05, 0) is 6.42 Å². The van der Waals surface area contributed by atoms with E-state index in [1.165, 1.54) is 0 Å². The van der Waals surface area contributed by atoms with Crippen molar-refractivity contribution in [2.45, 2.75) is 13.3 Å². The second-order valence-electron chi connectivity index (χ2n) is 4.98. The van der Waals surface area contributed by atoms with Crippen molar-refractivity contribution >= 4 is 5.91 Å². The number of fused-ring (bicyclic) bond motifs is 1. The third-order valence-corrected chi connectivity index (χ3v) is 3.78. The fourth-order valence-electron chi connectivity index (χ4n) is 2.76. The monoisotopic (exact) mass is 241 g/mol. The average molecular weight is 241 g/mol. The van der Waals surface area contributed by atoms with Crippen molar-refractivity contribution < 1.29 is 9.53 Å². The number of ether oxygens (including phenoxy) is 1. The molecule has 2 aliphatic heterocycles. The molecule has 0 aromatic heterocycles. The summed E-state index contributed by atoms with van der Waals surface area (Å²) in [5.74, 6) is 0.622. The van der Waals surface area contributed by atoms with Crippen LogP contribution in [0.15, 0.2) is 0 Å². The number of amides is 1. The summed E-state index contributed by atoms with van der Waals surface area (Å²) >= 11 is 0. The molecule has 0 aromatic carbocycles. The highest BCUT2D eigenvalue weighted by Gasteiger charge is 2.51. The predicted octanol–water partition coefficient (Wildman–Crippen LogP) is -0.662. The molecule has 17 heavy (non-hydrogen) atoms. The Morgan fingerprint density at radius 2 is 2.06 bits per heavy atom. The first-order valence-electron chi connectivity index (χ1n) is 6.57. The minimum atomic E-state index is -0.218. The van der Waals surface area contributed by atoms with Crippen LogP contribution in [0.5, 0.6) is 0 Å². The van der Waals surface area contributed by atoms with Crippen molar-refractivity contribution in [3.63, 3.8) is 0 Å². The van der Waals surface area contributed by atoms with Gasteiger partial charge in [-0.3, -0.25) is 4.79 Å². The molecule has 98 valence electrons. The van der Waals surface area contributed by atoms with Gasteiger partial charge in [0.05, 0.1) is 12.0 Å². The van der Waals surface area contributed by atoms with Gasteiger partial charge in [0.25, 0.3) is 0 Å². The fraction of sp³-hybridized carbons (Fsp3) is 0.917. The lowest BCUT2D eigenvalue weighted by Crippen LogP contribution is -2.47. The Morgan fingerprint density at radius 3 is 2.71 bits per heavy atom. The van der Waals surface area contributed by atoms with Crippen LogP contribution in [0, 0.1) is 11.3 Å². The zero-order chi connectivity index (χ0) is 12.1. The second kappa shape index (κ2) is 5.80. The summed E-state index contributed by atoms with van der Waals surface area (Å²) in [7, 11) is 0. The number of nitrogens with one attached hydrogen (secondary N) is 3. The van der Waals surface area contributed by atoms with Gasteiger partial charge in [0.1, 0.15) is 0 Å². The van der Waals surface area contributed by atoms with Gasteiger partial charge in [-0.15, -0.1) is 0 Å². The quantitative estimate of drug-likeness (QED) is 0.540. The molecule has 0 saturated carbocycles. The summed E-state index contributed by atoms with van der Waals surface area (Å²) in [6.45, 7) is 7.58. The molecule has 0 atom stereocenters. The maximum absolute atomic E-state index is 12.2. The highest BCUT2D eigenvalue weighted by Crippen LogP contribution is 2.34. The Hall–Kier alpha value is -0.650. The zero-order valence-electron chi connectivity index (χ0n) is 10.6. The summed E-state index contributed by atoms with van der Waals surface area (Å²) < 4.78 is 5.36. The van der Waals surface area contributed by atoms with E-state index in [4.69, 9.17) is 4.74 Å². The molecule has 0 unspecified atom stereocenters. The van der Waals surface area contributed by atoms with Crippen molar-refractivity contribution in [2.75, 3.05) is 45.9 Å². The van der Waals surface area contributed by atoms with Crippen LogP contribution in [0.3, 0.4) is 0 Å². The third kappa shape index (κ3) is 2.61. The van der Waals surface area contributed by atoms with Crippen molar-refractivity contribution in [1.29, 1.82) is 0 Å². The molecule has 2 fully saturated rings. The van der Waals surface area contributed by atoms with Gasteiger partial charge in [0.15, 0.2) is 0 Å². The minimum absolute atomic E-state index is 0.178. The molecule has 0 aliphatic carbocycles. The van der Waals surface area contributed by atoms with Gasteiger partial charge in [0.2, 0.25) is 5.91 Å². The lowest BCUT2D eigenvalue weighted by molar-refractivity contribution is -0.130. The summed E-state index contributed by atoms with van der Waals surface area (Å²) in [6, 6.07) is 0. The van der Waals surface area contributed by atoms with E-state index >= 15 is 0 Å². The van der Waals surface area contributed by atoms with Crippen LogP contribution < -0.4 is 16.0 Å². The molecule has 0 aromatic rings. The summed E-state index contributed by atoms with van der Waals surface area (Å²) in [5.41, 5.74) is -0.218. The van der Waals surface area contributed by atoms with Gasteiger partial charge in [-0.25, -0.2) is 0 Å². The largest absolute Gasteiger partial charge is 0.380 e. The molecule has 0 bridgehead atoms. The number of carbonyl (C=O) groups excluding carboxylic acids is 1. The lowest BCUT2D eigenvalue weighted by atomic mass is 9.80. The van der Waals surface area contributed by atoms with E-state index in [2.05, 4.69) is 22.9 Å². The number of carbonyl (C=O) groups is 1. The Morgan fingerprint density at radius 1 is 1.35 bits per heavy atom. The first-order chi connectivity index (χ1) is 8.29. The van der Waals surface area contributed by atoms with E-state index in [1.807, 2.05) is 0 Å². The molecule has 2 heterocycles. The van der Waals surface area contributed by atoms with Gasteiger partial charge in [-0.2, -0.15) is 0 Å². The Bertz CT molecular complexity index is 260. The average Bonchev–Trinajstić information content (AvgIpc) is 2.87. The van der Waals surface area contributed by atoms with Crippen LogP contribution in [0.25, 0.3) is 0 Å². The van der Waals surface area contributed by atoms with Gasteiger partial charge < -0.3 is 20.7 Å². The first kappa shape index (κ1) is 12.8. The molecule has 2 rings (SSSR count). The van der Waals surface area contributed by atoms with Crippen LogP contribution in [-0.4, -0.2) is 51.8 Å².